The van der Waals surface area contributed by atoms with Crippen molar-refractivity contribution in [2.24, 2.45) is 11.5 Å². The minimum absolute atomic E-state index is 0.0945. The minimum atomic E-state index is -1.07. The number of nitrogens with two attached hydrogens (primary N) is 2. The van der Waals surface area contributed by atoms with Crippen molar-refractivity contribution < 1.29 is 24.2 Å². The summed E-state index contributed by atoms with van der Waals surface area (Å²) in [6.07, 6.45) is -0.260. The van der Waals surface area contributed by atoms with Gasteiger partial charge in [0.15, 0.2) is 0 Å². The van der Waals surface area contributed by atoms with Crippen molar-refractivity contribution in [1.82, 2.24) is 0 Å². The van der Waals surface area contributed by atoms with Crippen molar-refractivity contribution in [1.29, 1.82) is 0 Å². The summed E-state index contributed by atoms with van der Waals surface area (Å²) in [5.41, 5.74) is 10.4. The summed E-state index contributed by atoms with van der Waals surface area (Å²) in [6, 6.07) is -1.07. The van der Waals surface area contributed by atoms with Crippen molar-refractivity contribution in [2.45, 2.75) is 12.5 Å². The Morgan fingerprint density at radius 3 is 2.47 bits per heavy atom. The zero-order chi connectivity index (χ0) is 11.7. The first-order valence-corrected chi connectivity index (χ1v) is 4.50. The third kappa shape index (κ3) is 6.83. The maximum atomic E-state index is 11.0. The molecule has 1 unspecified atom stereocenters. The molecular formula is C8H16N2O5. The van der Waals surface area contributed by atoms with E-state index in [1.165, 1.54) is 0 Å². The summed E-state index contributed by atoms with van der Waals surface area (Å²) in [5, 5.41) is 8.37. The van der Waals surface area contributed by atoms with E-state index in [1.54, 1.807) is 0 Å². The highest BCUT2D eigenvalue weighted by molar-refractivity contribution is 5.82. The van der Waals surface area contributed by atoms with Crippen LogP contribution in [0.25, 0.3) is 0 Å². The van der Waals surface area contributed by atoms with Crippen LogP contribution < -0.4 is 11.5 Å². The molecule has 0 aliphatic rings. The van der Waals surface area contributed by atoms with Gasteiger partial charge >= 0.3 is 11.9 Å². The SMILES string of the molecule is NCCOC(=O)CC(N)C(=O)OCCO. The number of carbonyl (C=O) groups excluding carboxylic acids is 2. The van der Waals surface area contributed by atoms with Crippen LogP contribution in [0.2, 0.25) is 0 Å². The molecule has 0 spiro atoms. The third-order valence-electron chi connectivity index (χ3n) is 1.41. The van der Waals surface area contributed by atoms with Crippen LogP contribution >= 0.6 is 0 Å². The zero-order valence-corrected chi connectivity index (χ0v) is 8.35. The predicted molar refractivity (Wildman–Crippen MR) is 50.7 cm³/mol. The second-order valence-corrected chi connectivity index (χ2v) is 2.71. The lowest BCUT2D eigenvalue weighted by atomic mass is 10.2. The predicted octanol–water partition coefficient (Wildman–Crippen LogP) is -2.26. The monoisotopic (exact) mass is 220 g/mol. The average molecular weight is 220 g/mol. The van der Waals surface area contributed by atoms with Crippen LogP contribution in [0.4, 0.5) is 0 Å². The number of hydrogen-bond acceptors (Lipinski definition) is 7. The fraction of sp³-hybridized carbons (Fsp3) is 0.750. The molecule has 0 saturated heterocycles. The molecule has 0 rings (SSSR count). The van der Waals surface area contributed by atoms with E-state index >= 15 is 0 Å². The van der Waals surface area contributed by atoms with Crippen LogP contribution in [0, 0.1) is 0 Å². The average Bonchev–Trinajstić information content (AvgIpc) is 2.22. The molecule has 0 aromatic rings. The van der Waals surface area contributed by atoms with E-state index in [0.29, 0.717) is 0 Å². The summed E-state index contributed by atoms with van der Waals surface area (Å²) < 4.78 is 9.13. The lowest BCUT2D eigenvalue weighted by molar-refractivity contribution is -0.152. The second kappa shape index (κ2) is 8.16. The summed E-state index contributed by atoms with van der Waals surface area (Å²) in [5.74, 6) is -1.34. The van der Waals surface area contributed by atoms with E-state index in [0.717, 1.165) is 0 Å². The van der Waals surface area contributed by atoms with Crippen molar-refractivity contribution >= 4 is 11.9 Å². The highest BCUT2D eigenvalue weighted by Gasteiger charge is 2.19. The Hall–Kier alpha value is -1.18. The van der Waals surface area contributed by atoms with Crippen LogP contribution in [-0.4, -0.2) is 49.5 Å². The molecule has 0 aromatic carbocycles. The van der Waals surface area contributed by atoms with Crippen molar-refractivity contribution in [3.05, 3.63) is 0 Å². The van der Waals surface area contributed by atoms with Crippen molar-refractivity contribution in [3.63, 3.8) is 0 Å². The number of hydrogen-bond donors (Lipinski definition) is 3. The zero-order valence-electron chi connectivity index (χ0n) is 8.35. The van der Waals surface area contributed by atoms with E-state index in [4.69, 9.17) is 16.6 Å². The summed E-state index contributed by atoms with van der Waals surface area (Å²) >= 11 is 0. The normalized spacial score (nSPS) is 11.9. The molecule has 0 radical (unpaired) electrons. The molecule has 1 atom stereocenters. The van der Waals surface area contributed by atoms with Gasteiger partial charge in [-0.2, -0.15) is 0 Å². The molecule has 0 aromatic heterocycles. The molecular weight excluding hydrogens is 204 g/mol. The molecule has 0 aliphatic carbocycles. The smallest absolute Gasteiger partial charge is 0.323 e. The third-order valence-corrected chi connectivity index (χ3v) is 1.41. The number of esters is 2. The number of carbonyl (C=O) groups is 2. The van der Waals surface area contributed by atoms with Crippen LogP contribution in [0.3, 0.4) is 0 Å². The van der Waals surface area contributed by atoms with Gasteiger partial charge in [0.2, 0.25) is 0 Å². The Labute approximate surface area is 87.3 Å². The Kier molecular flexibility index (Phi) is 7.51. The standard InChI is InChI=1S/C8H16N2O5/c9-1-3-14-7(12)5-6(10)8(13)15-4-2-11/h6,11H,1-5,9-10H2. The summed E-state index contributed by atoms with van der Waals surface area (Å²) in [7, 11) is 0. The Balaban J connectivity index is 3.75. The van der Waals surface area contributed by atoms with Crippen molar-refractivity contribution in [2.75, 3.05) is 26.4 Å². The van der Waals surface area contributed by atoms with Gasteiger partial charge in [0, 0.05) is 6.54 Å². The number of aliphatic hydroxyl groups excluding tert-OH is 1. The topological polar surface area (TPSA) is 125 Å². The van der Waals surface area contributed by atoms with E-state index < -0.39 is 18.0 Å². The maximum absolute atomic E-state index is 11.0. The fourth-order valence-corrected chi connectivity index (χ4v) is 0.748. The lowest BCUT2D eigenvalue weighted by Crippen LogP contribution is -2.35. The van der Waals surface area contributed by atoms with Gasteiger partial charge in [-0.3, -0.25) is 9.59 Å². The maximum Gasteiger partial charge on any atom is 0.323 e. The van der Waals surface area contributed by atoms with Gasteiger partial charge in [0.25, 0.3) is 0 Å². The van der Waals surface area contributed by atoms with Crippen LogP contribution in [0.1, 0.15) is 6.42 Å². The van der Waals surface area contributed by atoms with Gasteiger partial charge in [0.1, 0.15) is 19.3 Å². The summed E-state index contributed by atoms with van der Waals surface area (Å²) in [4.78, 5) is 22.0. The van der Waals surface area contributed by atoms with E-state index in [2.05, 4.69) is 9.47 Å². The lowest BCUT2D eigenvalue weighted by Gasteiger charge is -2.10. The first-order valence-electron chi connectivity index (χ1n) is 4.50. The summed E-state index contributed by atoms with van der Waals surface area (Å²) in [6.45, 7) is -0.104. The minimum Gasteiger partial charge on any atom is -0.464 e. The van der Waals surface area contributed by atoms with Gasteiger partial charge in [0.05, 0.1) is 13.0 Å². The van der Waals surface area contributed by atoms with E-state index in [1.807, 2.05) is 0 Å². The fourth-order valence-electron chi connectivity index (χ4n) is 0.748. The Bertz CT molecular complexity index is 209. The Morgan fingerprint density at radius 2 is 1.93 bits per heavy atom. The molecule has 0 bridgehead atoms. The number of aliphatic hydroxyl groups is 1. The van der Waals surface area contributed by atoms with Gasteiger partial charge in [-0.05, 0) is 0 Å². The molecule has 0 aliphatic heterocycles. The number of rotatable bonds is 7. The second-order valence-electron chi connectivity index (χ2n) is 2.71. The van der Waals surface area contributed by atoms with Gasteiger partial charge in [-0.1, -0.05) is 0 Å². The molecule has 88 valence electrons. The van der Waals surface area contributed by atoms with Crippen molar-refractivity contribution in [3.8, 4) is 0 Å². The van der Waals surface area contributed by atoms with Crippen LogP contribution in [0.5, 0.6) is 0 Å². The molecule has 15 heavy (non-hydrogen) atoms. The molecule has 0 saturated carbocycles. The molecule has 0 heterocycles. The largest absolute Gasteiger partial charge is 0.464 e. The van der Waals surface area contributed by atoms with Gasteiger partial charge in [-0.15, -0.1) is 0 Å². The quantitative estimate of drug-likeness (QED) is 0.413. The first-order chi connectivity index (χ1) is 7.11. The molecule has 0 fully saturated rings. The highest BCUT2D eigenvalue weighted by Crippen LogP contribution is 1.95. The van der Waals surface area contributed by atoms with Gasteiger partial charge < -0.3 is 26.0 Å². The molecule has 7 heteroatoms. The number of ether oxygens (including phenoxy) is 2. The van der Waals surface area contributed by atoms with E-state index in [-0.39, 0.29) is 32.8 Å². The highest BCUT2D eigenvalue weighted by atomic mass is 16.5. The van der Waals surface area contributed by atoms with Gasteiger partial charge in [-0.25, -0.2) is 0 Å². The Morgan fingerprint density at radius 1 is 1.27 bits per heavy atom. The van der Waals surface area contributed by atoms with E-state index in [9.17, 15) is 9.59 Å². The molecule has 5 N–H and O–H groups in total. The van der Waals surface area contributed by atoms with Crippen LogP contribution in [0.15, 0.2) is 0 Å². The molecule has 7 nitrogen and oxygen atoms in total. The van der Waals surface area contributed by atoms with Crippen LogP contribution in [-0.2, 0) is 19.1 Å². The molecule has 0 amide bonds. The first kappa shape index (κ1) is 13.8.